The largest absolute Gasteiger partial charge is 0.485 e. The van der Waals surface area contributed by atoms with E-state index in [1.165, 1.54) is 0 Å². The van der Waals surface area contributed by atoms with Crippen LogP contribution < -0.4 is 9.47 Å². The van der Waals surface area contributed by atoms with Crippen molar-refractivity contribution in [3.05, 3.63) is 36.4 Å². The van der Waals surface area contributed by atoms with Crippen LogP contribution in [0, 0.1) is 0 Å². The van der Waals surface area contributed by atoms with E-state index in [1.54, 1.807) is 13.0 Å². The molecule has 3 heteroatoms. The van der Waals surface area contributed by atoms with E-state index in [-0.39, 0.29) is 12.4 Å². The maximum Gasteiger partial charge on any atom is 0.201 e. The first-order chi connectivity index (χ1) is 7.18. The molecule has 0 fully saturated rings. The van der Waals surface area contributed by atoms with Gasteiger partial charge in [0.15, 0.2) is 17.6 Å². The second-order valence-corrected chi connectivity index (χ2v) is 3.51. The molecule has 1 aromatic carbocycles. The van der Waals surface area contributed by atoms with E-state index in [4.69, 9.17) is 9.47 Å². The first-order valence-corrected chi connectivity index (χ1v) is 4.76. The van der Waals surface area contributed by atoms with Crippen molar-refractivity contribution in [2.24, 2.45) is 0 Å². The number of fused-ring (bicyclic) bond motifs is 1. The van der Waals surface area contributed by atoms with Crippen LogP contribution in [0.2, 0.25) is 0 Å². The molecule has 78 valence electrons. The fourth-order valence-corrected chi connectivity index (χ4v) is 1.42. The van der Waals surface area contributed by atoms with E-state index in [2.05, 4.69) is 6.58 Å². The van der Waals surface area contributed by atoms with Gasteiger partial charge in [-0.2, -0.15) is 0 Å². The molecule has 0 aromatic heterocycles. The Kier molecular flexibility index (Phi) is 2.46. The number of Topliss-reactive ketones (excluding diaryl/α,β-unsaturated/α-hetero) is 1. The van der Waals surface area contributed by atoms with Crippen LogP contribution in [0.15, 0.2) is 36.4 Å². The predicted molar refractivity (Wildman–Crippen MR) is 56.2 cm³/mol. The summed E-state index contributed by atoms with van der Waals surface area (Å²) < 4.78 is 10.9. The molecule has 0 spiro atoms. The topological polar surface area (TPSA) is 35.5 Å². The molecule has 0 N–H and O–H groups in total. The average Bonchev–Trinajstić information content (AvgIpc) is 2.27. The molecule has 2 rings (SSSR count). The third-order valence-corrected chi connectivity index (χ3v) is 2.22. The highest BCUT2D eigenvalue weighted by molar-refractivity contribution is 5.98. The molecule has 0 amide bonds. The number of para-hydroxylation sites is 2. The monoisotopic (exact) mass is 204 g/mol. The lowest BCUT2D eigenvalue weighted by atomic mass is 10.1. The molecule has 3 nitrogen and oxygen atoms in total. The predicted octanol–water partition coefficient (Wildman–Crippen LogP) is 1.97. The van der Waals surface area contributed by atoms with Crippen LogP contribution in [-0.4, -0.2) is 18.5 Å². The highest BCUT2D eigenvalue weighted by atomic mass is 16.6. The standard InChI is InChI=1S/C12H12O3/c1-8(2)12(13)11-7-14-9-5-3-4-6-10(9)15-11/h3-6,11H,1,7H2,2H3. The van der Waals surface area contributed by atoms with Crippen molar-refractivity contribution >= 4 is 5.78 Å². The minimum Gasteiger partial charge on any atom is -0.485 e. The zero-order valence-electron chi connectivity index (χ0n) is 8.53. The first-order valence-electron chi connectivity index (χ1n) is 4.76. The Balaban J connectivity index is 2.19. The van der Waals surface area contributed by atoms with Gasteiger partial charge in [-0.1, -0.05) is 18.7 Å². The Hall–Kier alpha value is -1.77. The van der Waals surface area contributed by atoms with Crippen LogP contribution in [0.3, 0.4) is 0 Å². The van der Waals surface area contributed by atoms with Crippen LogP contribution >= 0.6 is 0 Å². The molecule has 1 aromatic rings. The summed E-state index contributed by atoms with van der Waals surface area (Å²) in [5, 5.41) is 0. The molecule has 1 aliphatic rings. The van der Waals surface area contributed by atoms with E-state index < -0.39 is 6.10 Å². The van der Waals surface area contributed by atoms with Gasteiger partial charge in [-0.25, -0.2) is 0 Å². The van der Waals surface area contributed by atoms with E-state index in [9.17, 15) is 4.79 Å². The van der Waals surface area contributed by atoms with Crippen LogP contribution in [-0.2, 0) is 4.79 Å². The van der Waals surface area contributed by atoms with Gasteiger partial charge in [0.1, 0.15) is 6.61 Å². The van der Waals surface area contributed by atoms with Crippen molar-refractivity contribution in [3.8, 4) is 11.5 Å². The van der Waals surface area contributed by atoms with Crippen molar-refractivity contribution in [1.29, 1.82) is 0 Å². The van der Waals surface area contributed by atoms with Gasteiger partial charge >= 0.3 is 0 Å². The summed E-state index contributed by atoms with van der Waals surface area (Å²) in [7, 11) is 0. The third kappa shape index (κ3) is 1.86. The first kappa shape index (κ1) is 9.77. The molecule has 15 heavy (non-hydrogen) atoms. The Morgan fingerprint density at radius 1 is 1.40 bits per heavy atom. The number of carbonyl (C=O) groups excluding carboxylic acids is 1. The quantitative estimate of drug-likeness (QED) is 0.691. The highest BCUT2D eigenvalue weighted by Crippen LogP contribution is 2.31. The summed E-state index contributed by atoms with van der Waals surface area (Å²) in [6.45, 7) is 5.53. The lowest BCUT2D eigenvalue weighted by Crippen LogP contribution is -2.36. The van der Waals surface area contributed by atoms with Gasteiger partial charge in [-0.15, -0.1) is 0 Å². The molecule has 0 radical (unpaired) electrons. The molecule has 1 atom stereocenters. The maximum atomic E-state index is 11.6. The molecule has 1 unspecified atom stereocenters. The summed E-state index contributed by atoms with van der Waals surface area (Å²) in [6, 6.07) is 7.31. The summed E-state index contributed by atoms with van der Waals surface area (Å²) in [6.07, 6.45) is -0.558. The lowest BCUT2D eigenvalue weighted by molar-refractivity contribution is -0.124. The van der Waals surface area contributed by atoms with Crippen molar-refractivity contribution in [2.75, 3.05) is 6.61 Å². The number of ether oxygens (including phenoxy) is 2. The van der Waals surface area contributed by atoms with Crippen molar-refractivity contribution in [1.82, 2.24) is 0 Å². The maximum absolute atomic E-state index is 11.6. The number of carbonyl (C=O) groups is 1. The number of benzene rings is 1. The summed E-state index contributed by atoms with van der Waals surface area (Å²) in [5.74, 6) is 1.19. The third-order valence-electron chi connectivity index (χ3n) is 2.22. The van der Waals surface area contributed by atoms with Crippen LogP contribution in [0.4, 0.5) is 0 Å². The van der Waals surface area contributed by atoms with Crippen molar-refractivity contribution in [2.45, 2.75) is 13.0 Å². The molecular weight excluding hydrogens is 192 g/mol. The highest BCUT2D eigenvalue weighted by Gasteiger charge is 2.27. The van der Waals surface area contributed by atoms with E-state index in [0.29, 0.717) is 17.1 Å². The Morgan fingerprint density at radius 2 is 2.07 bits per heavy atom. The van der Waals surface area contributed by atoms with E-state index >= 15 is 0 Å². The van der Waals surface area contributed by atoms with Crippen molar-refractivity contribution in [3.63, 3.8) is 0 Å². The second kappa shape index (κ2) is 3.77. The number of hydrogen-bond acceptors (Lipinski definition) is 3. The van der Waals surface area contributed by atoms with Crippen LogP contribution in [0.1, 0.15) is 6.92 Å². The zero-order chi connectivity index (χ0) is 10.8. The van der Waals surface area contributed by atoms with Gasteiger partial charge in [0.25, 0.3) is 0 Å². The van der Waals surface area contributed by atoms with Gasteiger partial charge in [0.05, 0.1) is 0 Å². The van der Waals surface area contributed by atoms with Crippen molar-refractivity contribution < 1.29 is 14.3 Å². The number of ketones is 1. The summed E-state index contributed by atoms with van der Waals surface area (Å²) in [4.78, 5) is 11.6. The normalized spacial score (nSPS) is 18.3. The molecule has 0 aliphatic carbocycles. The van der Waals surface area contributed by atoms with Gasteiger partial charge < -0.3 is 9.47 Å². The Bertz CT molecular complexity index is 409. The average molecular weight is 204 g/mol. The molecule has 1 aliphatic heterocycles. The van der Waals surface area contributed by atoms with Crippen LogP contribution in [0.25, 0.3) is 0 Å². The lowest BCUT2D eigenvalue weighted by Gasteiger charge is -2.25. The molecule has 0 bridgehead atoms. The number of rotatable bonds is 2. The minimum absolute atomic E-state index is 0.107. The van der Waals surface area contributed by atoms with Gasteiger partial charge in [-0.3, -0.25) is 4.79 Å². The fraction of sp³-hybridized carbons (Fsp3) is 0.250. The molecular formula is C12H12O3. The zero-order valence-corrected chi connectivity index (χ0v) is 8.53. The van der Waals surface area contributed by atoms with Crippen LogP contribution in [0.5, 0.6) is 11.5 Å². The molecule has 0 saturated carbocycles. The molecule has 0 saturated heterocycles. The number of hydrogen-bond donors (Lipinski definition) is 0. The smallest absolute Gasteiger partial charge is 0.201 e. The fourth-order valence-electron chi connectivity index (χ4n) is 1.42. The van der Waals surface area contributed by atoms with E-state index in [1.807, 2.05) is 18.2 Å². The SMILES string of the molecule is C=C(C)C(=O)C1COc2ccccc2O1. The Labute approximate surface area is 88.3 Å². The summed E-state index contributed by atoms with van der Waals surface area (Å²) in [5.41, 5.74) is 0.489. The minimum atomic E-state index is -0.558. The molecule has 1 heterocycles. The summed E-state index contributed by atoms with van der Waals surface area (Å²) >= 11 is 0. The van der Waals surface area contributed by atoms with Gasteiger partial charge in [0, 0.05) is 0 Å². The van der Waals surface area contributed by atoms with Gasteiger partial charge in [0.2, 0.25) is 5.78 Å². The second-order valence-electron chi connectivity index (χ2n) is 3.51. The van der Waals surface area contributed by atoms with Gasteiger partial charge in [-0.05, 0) is 24.6 Å². The van der Waals surface area contributed by atoms with E-state index in [0.717, 1.165) is 0 Å². The Morgan fingerprint density at radius 3 is 2.73 bits per heavy atom.